The van der Waals surface area contributed by atoms with E-state index in [0.29, 0.717) is 22.5 Å². The average molecular weight is 360 g/mol. The highest BCUT2D eigenvalue weighted by atomic mass is 35.5. The van der Waals surface area contributed by atoms with Crippen LogP contribution >= 0.6 is 12.4 Å². The third-order valence-corrected chi connectivity index (χ3v) is 4.31. The molecular weight excluding hydrogens is 338 g/mol. The number of halogens is 1. The molecule has 0 saturated carbocycles. The van der Waals surface area contributed by atoms with Crippen LogP contribution in [0.5, 0.6) is 0 Å². The van der Waals surface area contributed by atoms with Crippen LogP contribution in [-0.2, 0) is 0 Å². The van der Waals surface area contributed by atoms with Crippen LogP contribution in [-0.4, -0.2) is 29.8 Å². The minimum Gasteiger partial charge on any atom is -0.399 e. The highest BCUT2D eigenvalue weighted by molar-refractivity contribution is 6.09. The van der Waals surface area contributed by atoms with E-state index in [0.717, 1.165) is 31.5 Å². The van der Waals surface area contributed by atoms with Crippen LogP contribution in [0.15, 0.2) is 42.5 Å². The number of hydrogen-bond acceptors (Lipinski definition) is 3. The minimum atomic E-state index is -0.263. The first-order chi connectivity index (χ1) is 11.6. The van der Waals surface area contributed by atoms with E-state index in [1.807, 2.05) is 30.0 Å². The van der Waals surface area contributed by atoms with Gasteiger partial charge < -0.3 is 16.0 Å². The number of likely N-dealkylation sites (tertiary alicyclic amines) is 1. The van der Waals surface area contributed by atoms with Gasteiger partial charge in [-0.05, 0) is 49.6 Å². The predicted octanol–water partition coefficient (Wildman–Crippen LogP) is 3.49. The van der Waals surface area contributed by atoms with Crippen LogP contribution in [0.2, 0.25) is 0 Å². The van der Waals surface area contributed by atoms with E-state index in [4.69, 9.17) is 5.73 Å². The summed E-state index contributed by atoms with van der Waals surface area (Å²) in [5.74, 6) is -0.297. The maximum atomic E-state index is 12.7. The fraction of sp³-hybridized carbons (Fsp3) is 0.263. The van der Waals surface area contributed by atoms with Crippen LogP contribution in [0.1, 0.15) is 39.1 Å². The maximum absolute atomic E-state index is 12.7. The summed E-state index contributed by atoms with van der Waals surface area (Å²) < 4.78 is 0. The number of rotatable bonds is 3. The number of nitrogens with one attached hydrogen (secondary N) is 1. The lowest BCUT2D eigenvalue weighted by atomic mass is 10.1. The van der Waals surface area contributed by atoms with Gasteiger partial charge in [0, 0.05) is 24.3 Å². The molecule has 5 nitrogen and oxygen atoms in total. The van der Waals surface area contributed by atoms with Gasteiger partial charge in [0.1, 0.15) is 0 Å². The third-order valence-electron chi connectivity index (χ3n) is 4.31. The second-order valence-electron chi connectivity index (χ2n) is 6.07. The van der Waals surface area contributed by atoms with Gasteiger partial charge in [-0.15, -0.1) is 12.4 Å². The van der Waals surface area contributed by atoms with Crippen molar-refractivity contribution < 1.29 is 9.59 Å². The summed E-state index contributed by atoms with van der Waals surface area (Å²) in [5.41, 5.74) is 8.72. The summed E-state index contributed by atoms with van der Waals surface area (Å²) in [5, 5.41) is 2.86. The Balaban J connectivity index is 0.00000225. The van der Waals surface area contributed by atoms with E-state index in [1.54, 1.807) is 24.3 Å². The molecule has 0 unspecified atom stereocenters. The number of anilines is 2. The zero-order chi connectivity index (χ0) is 17.1. The van der Waals surface area contributed by atoms with Crippen molar-refractivity contribution in [1.29, 1.82) is 0 Å². The molecular formula is C19H22ClN3O2. The molecule has 3 rings (SSSR count). The molecule has 132 valence electrons. The highest BCUT2D eigenvalue weighted by Gasteiger charge is 2.22. The van der Waals surface area contributed by atoms with Gasteiger partial charge in [0.2, 0.25) is 0 Å². The van der Waals surface area contributed by atoms with E-state index in [2.05, 4.69) is 5.32 Å². The molecule has 3 N–H and O–H groups in total. The van der Waals surface area contributed by atoms with Crippen LogP contribution in [0, 0.1) is 6.92 Å². The number of aryl methyl sites for hydroxylation is 1. The monoisotopic (exact) mass is 359 g/mol. The molecule has 0 atom stereocenters. The largest absolute Gasteiger partial charge is 0.399 e. The van der Waals surface area contributed by atoms with Crippen molar-refractivity contribution in [2.75, 3.05) is 24.1 Å². The molecule has 6 heteroatoms. The minimum absolute atomic E-state index is 0. The fourth-order valence-corrected chi connectivity index (χ4v) is 2.94. The molecule has 0 aromatic heterocycles. The van der Waals surface area contributed by atoms with Gasteiger partial charge in [-0.2, -0.15) is 0 Å². The molecule has 0 spiro atoms. The zero-order valence-electron chi connectivity index (χ0n) is 14.1. The molecule has 2 aromatic rings. The number of nitrogens with zero attached hydrogens (tertiary/aromatic N) is 1. The lowest BCUT2D eigenvalue weighted by molar-refractivity contribution is 0.0794. The maximum Gasteiger partial charge on any atom is 0.256 e. The molecule has 0 radical (unpaired) electrons. The van der Waals surface area contributed by atoms with Gasteiger partial charge in [-0.1, -0.05) is 18.2 Å². The Morgan fingerprint density at radius 2 is 1.72 bits per heavy atom. The number of nitrogen functional groups attached to an aromatic ring is 1. The average Bonchev–Trinajstić information content (AvgIpc) is 3.11. The third kappa shape index (κ3) is 4.12. The van der Waals surface area contributed by atoms with Crippen molar-refractivity contribution in [2.45, 2.75) is 19.8 Å². The number of para-hydroxylation sites is 1. The first-order valence-electron chi connectivity index (χ1n) is 8.12. The van der Waals surface area contributed by atoms with E-state index in [1.165, 1.54) is 0 Å². The molecule has 1 saturated heterocycles. The van der Waals surface area contributed by atoms with Crippen LogP contribution < -0.4 is 11.1 Å². The molecule has 2 aromatic carbocycles. The number of nitrogens with two attached hydrogens (primary N) is 1. The van der Waals surface area contributed by atoms with Crippen LogP contribution in [0.25, 0.3) is 0 Å². The van der Waals surface area contributed by atoms with Crippen molar-refractivity contribution in [3.05, 3.63) is 59.2 Å². The summed E-state index contributed by atoms with van der Waals surface area (Å²) in [6.07, 6.45) is 2.06. The van der Waals surface area contributed by atoms with E-state index in [-0.39, 0.29) is 24.2 Å². The fourth-order valence-electron chi connectivity index (χ4n) is 2.94. The van der Waals surface area contributed by atoms with Gasteiger partial charge in [0.15, 0.2) is 0 Å². The second-order valence-corrected chi connectivity index (χ2v) is 6.07. The smallest absolute Gasteiger partial charge is 0.256 e. The van der Waals surface area contributed by atoms with Crippen molar-refractivity contribution in [3.8, 4) is 0 Å². The lowest BCUT2D eigenvalue weighted by Gasteiger charge is -2.18. The molecule has 25 heavy (non-hydrogen) atoms. The van der Waals surface area contributed by atoms with Gasteiger partial charge in [0.05, 0.1) is 11.3 Å². The number of carbonyl (C=O) groups excluding carboxylic acids is 2. The Morgan fingerprint density at radius 3 is 2.44 bits per heavy atom. The molecule has 1 aliphatic heterocycles. The Hall–Kier alpha value is -2.53. The summed E-state index contributed by atoms with van der Waals surface area (Å²) in [4.78, 5) is 27.1. The summed E-state index contributed by atoms with van der Waals surface area (Å²) in [6, 6.07) is 12.3. The standard InChI is InChI=1S/C19H21N3O2.ClH/c1-13-8-9-14(20)12-16(13)18(23)21-17-7-3-2-6-15(17)19(24)22-10-4-5-11-22;/h2-3,6-9,12H,4-5,10-11,20H2,1H3,(H,21,23);1H. The zero-order valence-corrected chi connectivity index (χ0v) is 14.9. The van der Waals surface area contributed by atoms with Gasteiger partial charge in [0.25, 0.3) is 11.8 Å². The number of amides is 2. The van der Waals surface area contributed by atoms with E-state index >= 15 is 0 Å². The highest BCUT2D eigenvalue weighted by Crippen LogP contribution is 2.22. The van der Waals surface area contributed by atoms with Crippen molar-refractivity contribution in [3.63, 3.8) is 0 Å². The normalized spacial score (nSPS) is 13.2. The molecule has 1 aliphatic rings. The molecule has 1 fully saturated rings. The Kier molecular flexibility index (Phi) is 6.04. The molecule has 2 amide bonds. The molecule has 0 bridgehead atoms. The van der Waals surface area contributed by atoms with E-state index in [9.17, 15) is 9.59 Å². The molecule has 1 heterocycles. The lowest BCUT2D eigenvalue weighted by Crippen LogP contribution is -2.28. The Morgan fingerprint density at radius 1 is 1.04 bits per heavy atom. The number of benzene rings is 2. The SMILES string of the molecule is Cc1ccc(N)cc1C(=O)Nc1ccccc1C(=O)N1CCCC1.Cl. The van der Waals surface area contributed by atoms with Gasteiger partial charge >= 0.3 is 0 Å². The number of carbonyl (C=O) groups is 2. The summed E-state index contributed by atoms with van der Waals surface area (Å²) in [7, 11) is 0. The quantitative estimate of drug-likeness (QED) is 0.824. The first-order valence-corrected chi connectivity index (χ1v) is 8.12. The topological polar surface area (TPSA) is 75.4 Å². The van der Waals surface area contributed by atoms with Crippen molar-refractivity contribution in [2.24, 2.45) is 0 Å². The van der Waals surface area contributed by atoms with Gasteiger partial charge in [-0.3, -0.25) is 9.59 Å². The number of hydrogen-bond donors (Lipinski definition) is 2. The van der Waals surface area contributed by atoms with Crippen molar-refractivity contribution >= 4 is 35.6 Å². The van der Waals surface area contributed by atoms with Crippen molar-refractivity contribution in [1.82, 2.24) is 4.90 Å². The first kappa shape index (κ1) is 18.8. The van der Waals surface area contributed by atoms with Gasteiger partial charge in [-0.25, -0.2) is 0 Å². The van der Waals surface area contributed by atoms with Crippen LogP contribution in [0.4, 0.5) is 11.4 Å². The predicted molar refractivity (Wildman–Crippen MR) is 102 cm³/mol. The van der Waals surface area contributed by atoms with Crippen LogP contribution in [0.3, 0.4) is 0 Å². The Bertz CT molecular complexity index is 786. The second kappa shape index (κ2) is 8.03. The molecule has 0 aliphatic carbocycles. The van der Waals surface area contributed by atoms with E-state index < -0.39 is 0 Å². The Labute approximate surface area is 153 Å². The summed E-state index contributed by atoms with van der Waals surface area (Å²) >= 11 is 0. The summed E-state index contributed by atoms with van der Waals surface area (Å²) in [6.45, 7) is 3.40.